The van der Waals surface area contributed by atoms with Crippen molar-refractivity contribution >= 4 is 22.7 Å². The van der Waals surface area contributed by atoms with Crippen LogP contribution in [0.5, 0.6) is 0 Å². The maximum absolute atomic E-state index is 6.08. The lowest BCUT2D eigenvalue weighted by Crippen LogP contribution is -2.11. The standard InChI is InChI=1S/C15H12N6OS/c1-9-4-5-11-10(7-9)14(18-8-17-11)23-15-20-19-13(21(15)16)12-3-2-6-22-12/h2-8H,16H2,1H3. The first-order valence-corrected chi connectivity index (χ1v) is 7.67. The first-order valence-electron chi connectivity index (χ1n) is 6.86. The van der Waals surface area contributed by atoms with Crippen molar-refractivity contribution < 1.29 is 4.42 Å². The van der Waals surface area contributed by atoms with Crippen LogP contribution in [0.1, 0.15) is 5.56 Å². The molecule has 0 aliphatic rings. The average molecular weight is 324 g/mol. The summed E-state index contributed by atoms with van der Waals surface area (Å²) in [5.74, 6) is 7.11. The van der Waals surface area contributed by atoms with Crippen LogP contribution >= 0.6 is 11.8 Å². The van der Waals surface area contributed by atoms with Gasteiger partial charge in [0.25, 0.3) is 0 Å². The topological polar surface area (TPSA) is 95.6 Å². The first kappa shape index (κ1) is 13.8. The van der Waals surface area contributed by atoms with Crippen LogP contribution in [-0.2, 0) is 0 Å². The number of furan rings is 1. The van der Waals surface area contributed by atoms with E-state index in [0.29, 0.717) is 16.7 Å². The van der Waals surface area contributed by atoms with Crippen LogP contribution < -0.4 is 5.84 Å². The zero-order chi connectivity index (χ0) is 15.8. The second-order valence-corrected chi connectivity index (χ2v) is 5.91. The summed E-state index contributed by atoms with van der Waals surface area (Å²) < 4.78 is 6.71. The van der Waals surface area contributed by atoms with Crippen LogP contribution in [0, 0.1) is 6.92 Å². The van der Waals surface area contributed by atoms with Gasteiger partial charge in [0.15, 0.2) is 5.76 Å². The monoisotopic (exact) mass is 324 g/mol. The Morgan fingerprint density at radius 2 is 2.09 bits per heavy atom. The van der Waals surface area contributed by atoms with Crippen LogP contribution in [0.15, 0.2) is 57.5 Å². The van der Waals surface area contributed by atoms with Gasteiger partial charge in [0.05, 0.1) is 11.8 Å². The summed E-state index contributed by atoms with van der Waals surface area (Å²) in [6, 6.07) is 9.59. The van der Waals surface area contributed by atoms with E-state index in [1.54, 1.807) is 18.4 Å². The molecule has 0 amide bonds. The van der Waals surface area contributed by atoms with Gasteiger partial charge in [-0.25, -0.2) is 14.6 Å². The van der Waals surface area contributed by atoms with E-state index < -0.39 is 0 Å². The lowest BCUT2D eigenvalue weighted by molar-refractivity contribution is 0.574. The number of nitrogens with zero attached hydrogens (tertiary/aromatic N) is 5. The molecule has 2 N–H and O–H groups in total. The molecule has 114 valence electrons. The molecule has 0 saturated heterocycles. The number of nitrogens with two attached hydrogens (primary N) is 1. The lowest BCUT2D eigenvalue weighted by Gasteiger charge is -2.05. The molecule has 4 aromatic rings. The fourth-order valence-electron chi connectivity index (χ4n) is 2.24. The number of aromatic nitrogens is 5. The van der Waals surface area contributed by atoms with Gasteiger partial charge in [-0.1, -0.05) is 11.6 Å². The van der Waals surface area contributed by atoms with Gasteiger partial charge in [0.1, 0.15) is 11.4 Å². The fraction of sp³-hybridized carbons (Fsp3) is 0.0667. The van der Waals surface area contributed by atoms with Crippen molar-refractivity contribution in [3.05, 3.63) is 48.5 Å². The van der Waals surface area contributed by atoms with Crippen molar-refractivity contribution in [2.24, 2.45) is 0 Å². The Morgan fingerprint density at radius 3 is 2.91 bits per heavy atom. The third-order valence-corrected chi connectivity index (χ3v) is 4.33. The van der Waals surface area contributed by atoms with Crippen LogP contribution in [0.2, 0.25) is 0 Å². The Morgan fingerprint density at radius 1 is 1.17 bits per heavy atom. The molecular weight excluding hydrogens is 312 g/mol. The molecule has 0 spiro atoms. The molecule has 4 rings (SSSR count). The Kier molecular flexibility index (Phi) is 3.23. The zero-order valence-corrected chi connectivity index (χ0v) is 13.0. The van der Waals surface area contributed by atoms with Gasteiger partial charge in [-0.2, -0.15) is 0 Å². The van der Waals surface area contributed by atoms with Crippen LogP contribution in [-0.4, -0.2) is 24.8 Å². The highest BCUT2D eigenvalue weighted by Crippen LogP contribution is 2.31. The summed E-state index contributed by atoms with van der Waals surface area (Å²) in [6.45, 7) is 2.03. The van der Waals surface area contributed by atoms with E-state index in [2.05, 4.69) is 20.2 Å². The Balaban J connectivity index is 1.76. The minimum absolute atomic E-state index is 0.465. The largest absolute Gasteiger partial charge is 0.461 e. The maximum atomic E-state index is 6.08. The van der Waals surface area contributed by atoms with E-state index in [0.717, 1.165) is 21.5 Å². The van der Waals surface area contributed by atoms with Crippen molar-refractivity contribution in [2.75, 3.05) is 5.84 Å². The van der Waals surface area contributed by atoms with E-state index in [-0.39, 0.29) is 0 Å². The molecule has 0 saturated carbocycles. The molecule has 0 atom stereocenters. The van der Waals surface area contributed by atoms with Gasteiger partial charge in [-0.15, -0.1) is 10.2 Å². The Hall–Kier alpha value is -2.87. The van der Waals surface area contributed by atoms with Crippen molar-refractivity contribution in [2.45, 2.75) is 17.1 Å². The van der Waals surface area contributed by atoms with Gasteiger partial charge in [-0.05, 0) is 43.0 Å². The summed E-state index contributed by atoms with van der Waals surface area (Å²) in [4.78, 5) is 8.63. The molecule has 1 aromatic carbocycles. The van der Waals surface area contributed by atoms with Gasteiger partial charge in [0.2, 0.25) is 11.0 Å². The third kappa shape index (κ3) is 2.42. The molecule has 0 bridgehead atoms. The third-order valence-electron chi connectivity index (χ3n) is 3.35. The SMILES string of the molecule is Cc1ccc2ncnc(Sc3nnc(-c4ccco4)n3N)c2c1. The number of fused-ring (bicyclic) bond motifs is 1. The number of hydrogen-bond acceptors (Lipinski definition) is 7. The normalized spacial score (nSPS) is 11.2. The van der Waals surface area contributed by atoms with Crippen molar-refractivity contribution in [3.63, 3.8) is 0 Å². The molecule has 0 fully saturated rings. The van der Waals surface area contributed by atoms with Crippen LogP contribution in [0.3, 0.4) is 0 Å². The van der Waals surface area contributed by atoms with E-state index in [9.17, 15) is 0 Å². The minimum Gasteiger partial charge on any atom is -0.461 e. The molecule has 3 aromatic heterocycles. The Bertz CT molecular complexity index is 979. The number of benzene rings is 1. The van der Waals surface area contributed by atoms with E-state index in [1.165, 1.54) is 22.8 Å². The number of rotatable bonds is 3. The zero-order valence-electron chi connectivity index (χ0n) is 12.2. The van der Waals surface area contributed by atoms with Crippen LogP contribution in [0.25, 0.3) is 22.5 Å². The average Bonchev–Trinajstić information content (AvgIpc) is 3.19. The number of aryl methyl sites for hydroxylation is 1. The fourth-order valence-corrected chi connectivity index (χ4v) is 3.05. The Labute approximate surface area is 135 Å². The number of nitrogen functional groups attached to an aromatic ring is 1. The maximum Gasteiger partial charge on any atom is 0.218 e. The molecule has 0 aliphatic heterocycles. The second-order valence-electron chi connectivity index (χ2n) is 4.95. The summed E-state index contributed by atoms with van der Waals surface area (Å²) in [6.07, 6.45) is 3.10. The highest BCUT2D eigenvalue weighted by molar-refractivity contribution is 7.99. The lowest BCUT2D eigenvalue weighted by atomic mass is 10.2. The quantitative estimate of drug-likeness (QED) is 0.457. The molecule has 7 nitrogen and oxygen atoms in total. The summed E-state index contributed by atoms with van der Waals surface area (Å²) in [5, 5.41) is 10.5. The van der Waals surface area contributed by atoms with Crippen LogP contribution in [0.4, 0.5) is 0 Å². The summed E-state index contributed by atoms with van der Waals surface area (Å²) in [7, 11) is 0. The smallest absolute Gasteiger partial charge is 0.218 e. The molecule has 8 heteroatoms. The van der Waals surface area contributed by atoms with E-state index in [4.69, 9.17) is 10.3 Å². The van der Waals surface area contributed by atoms with Gasteiger partial charge in [-0.3, -0.25) is 0 Å². The van der Waals surface area contributed by atoms with E-state index in [1.807, 2.05) is 25.1 Å². The van der Waals surface area contributed by atoms with Gasteiger partial charge < -0.3 is 10.3 Å². The van der Waals surface area contributed by atoms with Gasteiger partial charge in [0, 0.05) is 5.39 Å². The molecule has 0 unspecified atom stereocenters. The van der Waals surface area contributed by atoms with Crippen molar-refractivity contribution in [1.29, 1.82) is 0 Å². The number of hydrogen-bond donors (Lipinski definition) is 1. The molecular formula is C15H12N6OS. The minimum atomic E-state index is 0.465. The highest BCUT2D eigenvalue weighted by Gasteiger charge is 2.16. The van der Waals surface area contributed by atoms with Crippen molar-refractivity contribution in [1.82, 2.24) is 24.8 Å². The van der Waals surface area contributed by atoms with Crippen molar-refractivity contribution in [3.8, 4) is 11.6 Å². The van der Waals surface area contributed by atoms with E-state index >= 15 is 0 Å². The molecule has 0 aliphatic carbocycles. The first-order chi connectivity index (χ1) is 11.2. The predicted octanol–water partition coefficient (Wildman–Crippen LogP) is 2.65. The summed E-state index contributed by atoms with van der Waals surface area (Å²) in [5.41, 5.74) is 2.02. The highest BCUT2D eigenvalue weighted by atomic mass is 32.2. The summed E-state index contributed by atoms with van der Waals surface area (Å²) >= 11 is 1.34. The molecule has 0 radical (unpaired) electrons. The molecule has 23 heavy (non-hydrogen) atoms. The molecule has 3 heterocycles. The van der Waals surface area contributed by atoms with Gasteiger partial charge >= 0.3 is 0 Å². The second kappa shape index (κ2) is 5.40. The predicted molar refractivity (Wildman–Crippen MR) is 86.3 cm³/mol.